The number of aromatic nitrogens is 1. The molecule has 0 amide bonds. The van der Waals surface area contributed by atoms with Crippen LogP contribution in [0.25, 0.3) is 11.3 Å². The molecule has 0 atom stereocenters. The van der Waals surface area contributed by atoms with Gasteiger partial charge in [0.05, 0.1) is 10.4 Å². The van der Waals surface area contributed by atoms with Crippen molar-refractivity contribution in [3.8, 4) is 11.3 Å². The van der Waals surface area contributed by atoms with Crippen LogP contribution in [0.3, 0.4) is 0 Å². The van der Waals surface area contributed by atoms with Gasteiger partial charge in [0.15, 0.2) is 0 Å². The maximum Gasteiger partial charge on any atom is 0.147 e. The lowest BCUT2D eigenvalue weighted by molar-refractivity contribution is 0.398. The van der Waals surface area contributed by atoms with E-state index in [1.807, 2.05) is 0 Å². The highest BCUT2D eigenvalue weighted by Crippen LogP contribution is 2.28. The normalized spacial score (nSPS) is 10.6. The van der Waals surface area contributed by atoms with E-state index in [9.17, 15) is 4.39 Å². The van der Waals surface area contributed by atoms with Gasteiger partial charge in [-0.3, -0.25) is 0 Å². The number of benzene rings is 1. The summed E-state index contributed by atoms with van der Waals surface area (Å²) in [6.07, 6.45) is 0. The molecular weight excluding hydrogens is 284 g/mol. The molecule has 2 rings (SSSR count). The van der Waals surface area contributed by atoms with E-state index in [1.54, 1.807) is 6.07 Å². The highest BCUT2D eigenvalue weighted by Gasteiger charge is 2.10. The lowest BCUT2D eigenvalue weighted by Crippen LogP contribution is -1.81. The van der Waals surface area contributed by atoms with Crippen molar-refractivity contribution in [2.75, 3.05) is 0 Å². The number of hydrogen-bond acceptors (Lipinski definition) is 2. The Hall–Kier alpha value is -0.870. The lowest BCUT2D eigenvalue weighted by atomic mass is 10.1. The summed E-state index contributed by atoms with van der Waals surface area (Å²) in [7, 11) is 0. The Morgan fingerprint density at radius 3 is 2.87 bits per heavy atom. The quantitative estimate of drug-likeness (QED) is 0.781. The van der Waals surface area contributed by atoms with E-state index in [1.165, 1.54) is 18.2 Å². The van der Waals surface area contributed by atoms with Crippen molar-refractivity contribution in [3.05, 3.63) is 40.9 Å². The molecular formula is C10H6BrClFNO. The Bertz CT molecular complexity index is 486. The molecule has 2 nitrogen and oxygen atoms in total. The lowest BCUT2D eigenvalue weighted by Gasteiger charge is -1.98. The van der Waals surface area contributed by atoms with Gasteiger partial charge in [-0.15, -0.1) is 0 Å². The molecule has 0 aliphatic carbocycles. The average Bonchev–Trinajstić information content (AvgIpc) is 2.70. The van der Waals surface area contributed by atoms with Crippen LogP contribution in [0.5, 0.6) is 0 Å². The minimum Gasteiger partial charge on any atom is -0.360 e. The molecule has 0 saturated heterocycles. The Morgan fingerprint density at radius 2 is 2.20 bits per heavy atom. The summed E-state index contributed by atoms with van der Waals surface area (Å²) in [5, 5.41) is 4.82. The molecule has 5 heteroatoms. The first kappa shape index (κ1) is 10.6. The predicted molar refractivity (Wildman–Crippen MR) is 59.5 cm³/mol. The minimum atomic E-state index is -0.349. The number of alkyl halides is 1. The molecule has 1 aromatic heterocycles. The van der Waals surface area contributed by atoms with Crippen LogP contribution in [0, 0.1) is 5.82 Å². The van der Waals surface area contributed by atoms with Gasteiger partial charge in [0.1, 0.15) is 17.3 Å². The van der Waals surface area contributed by atoms with Gasteiger partial charge in [0.2, 0.25) is 0 Å². The predicted octanol–water partition coefficient (Wildman–Crippen LogP) is 4.03. The zero-order valence-electron chi connectivity index (χ0n) is 7.51. The van der Waals surface area contributed by atoms with Crippen molar-refractivity contribution >= 4 is 27.5 Å². The van der Waals surface area contributed by atoms with E-state index in [2.05, 4.69) is 21.1 Å². The number of halogens is 3. The first-order chi connectivity index (χ1) is 7.20. The molecule has 0 N–H and O–H groups in total. The summed E-state index contributed by atoms with van der Waals surface area (Å²) in [4.78, 5) is 0. The molecule has 0 aliphatic heterocycles. The minimum absolute atomic E-state index is 0.349. The molecule has 78 valence electrons. The maximum absolute atomic E-state index is 13.0. The summed E-state index contributed by atoms with van der Waals surface area (Å²) in [6.45, 7) is 0. The molecule has 1 aromatic carbocycles. The van der Waals surface area contributed by atoms with Gasteiger partial charge >= 0.3 is 0 Å². The van der Waals surface area contributed by atoms with Crippen LogP contribution < -0.4 is 0 Å². The first-order valence-corrected chi connectivity index (χ1v) is 5.67. The molecule has 0 unspecified atom stereocenters. The monoisotopic (exact) mass is 289 g/mol. The standard InChI is InChI=1S/C10H6BrClFNO/c11-5-7-4-10(14-15-7)8-3-6(13)1-2-9(8)12/h1-4H,5H2. The second-order valence-electron chi connectivity index (χ2n) is 2.94. The van der Waals surface area contributed by atoms with Gasteiger partial charge in [0.25, 0.3) is 0 Å². The van der Waals surface area contributed by atoms with Crippen molar-refractivity contribution in [3.63, 3.8) is 0 Å². The van der Waals surface area contributed by atoms with Gasteiger partial charge in [-0.05, 0) is 18.2 Å². The number of rotatable bonds is 2. The Morgan fingerprint density at radius 1 is 1.40 bits per heavy atom. The highest BCUT2D eigenvalue weighted by molar-refractivity contribution is 9.08. The first-order valence-electron chi connectivity index (χ1n) is 4.17. The van der Waals surface area contributed by atoms with E-state index >= 15 is 0 Å². The third kappa shape index (κ3) is 2.21. The molecule has 2 aromatic rings. The SMILES string of the molecule is Fc1ccc(Cl)c(-c2cc(CBr)on2)c1. The van der Waals surface area contributed by atoms with Crippen LogP contribution in [0.1, 0.15) is 5.76 Å². The molecule has 0 spiro atoms. The Labute approximate surface area is 99.2 Å². The second kappa shape index (κ2) is 4.33. The van der Waals surface area contributed by atoms with E-state index in [4.69, 9.17) is 16.1 Å². The van der Waals surface area contributed by atoms with E-state index in [0.29, 0.717) is 27.4 Å². The third-order valence-electron chi connectivity index (χ3n) is 1.90. The van der Waals surface area contributed by atoms with Crippen LogP contribution >= 0.6 is 27.5 Å². The molecule has 0 aliphatic rings. The fraction of sp³-hybridized carbons (Fsp3) is 0.100. The fourth-order valence-electron chi connectivity index (χ4n) is 1.20. The summed E-state index contributed by atoms with van der Waals surface area (Å²) < 4.78 is 18.0. The van der Waals surface area contributed by atoms with Crippen LogP contribution in [0.2, 0.25) is 5.02 Å². The average molecular weight is 291 g/mol. The number of nitrogens with zero attached hydrogens (tertiary/aromatic N) is 1. The molecule has 0 bridgehead atoms. The molecule has 0 radical (unpaired) electrons. The van der Waals surface area contributed by atoms with Crippen molar-refractivity contribution in [2.45, 2.75) is 5.33 Å². The topological polar surface area (TPSA) is 26.0 Å². The van der Waals surface area contributed by atoms with Crippen LogP contribution in [0.4, 0.5) is 4.39 Å². The summed E-state index contributed by atoms with van der Waals surface area (Å²) in [5.41, 5.74) is 1.07. The van der Waals surface area contributed by atoms with Gasteiger partial charge in [-0.2, -0.15) is 0 Å². The summed E-state index contributed by atoms with van der Waals surface area (Å²) >= 11 is 9.16. The molecule has 15 heavy (non-hydrogen) atoms. The van der Waals surface area contributed by atoms with E-state index in [-0.39, 0.29) is 5.82 Å². The third-order valence-corrected chi connectivity index (χ3v) is 2.78. The molecule has 0 saturated carbocycles. The van der Waals surface area contributed by atoms with Gasteiger partial charge in [0, 0.05) is 11.6 Å². The zero-order valence-corrected chi connectivity index (χ0v) is 9.85. The smallest absolute Gasteiger partial charge is 0.147 e. The maximum atomic E-state index is 13.0. The Kier molecular flexibility index (Phi) is 3.07. The molecule has 0 fully saturated rings. The van der Waals surface area contributed by atoms with E-state index in [0.717, 1.165) is 0 Å². The van der Waals surface area contributed by atoms with Crippen molar-refractivity contribution < 1.29 is 8.91 Å². The van der Waals surface area contributed by atoms with Gasteiger partial charge in [-0.25, -0.2) is 4.39 Å². The van der Waals surface area contributed by atoms with Crippen molar-refractivity contribution in [2.24, 2.45) is 0 Å². The Balaban J connectivity index is 2.48. The van der Waals surface area contributed by atoms with Crippen LogP contribution in [-0.4, -0.2) is 5.16 Å². The van der Waals surface area contributed by atoms with Gasteiger partial charge in [-0.1, -0.05) is 32.7 Å². The van der Waals surface area contributed by atoms with Crippen molar-refractivity contribution in [1.29, 1.82) is 0 Å². The van der Waals surface area contributed by atoms with Crippen LogP contribution in [-0.2, 0) is 5.33 Å². The second-order valence-corrected chi connectivity index (χ2v) is 3.90. The summed E-state index contributed by atoms with van der Waals surface area (Å²) in [5.74, 6) is 0.322. The molecule has 1 heterocycles. The van der Waals surface area contributed by atoms with Crippen LogP contribution in [0.15, 0.2) is 28.8 Å². The fourth-order valence-corrected chi connectivity index (χ4v) is 1.68. The highest BCUT2D eigenvalue weighted by atomic mass is 79.9. The largest absolute Gasteiger partial charge is 0.360 e. The van der Waals surface area contributed by atoms with Crippen molar-refractivity contribution in [1.82, 2.24) is 5.16 Å². The summed E-state index contributed by atoms with van der Waals surface area (Å²) in [6, 6.07) is 5.85. The van der Waals surface area contributed by atoms with E-state index < -0.39 is 0 Å². The zero-order chi connectivity index (χ0) is 10.8. The number of hydrogen-bond donors (Lipinski definition) is 0. The van der Waals surface area contributed by atoms with Gasteiger partial charge < -0.3 is 4.52 Å².